The Morgan fingerprint density at radius 1 is 0.684 bits per heavy atom. The molecule has 0 bridgehead atoms. The molecular weight excluding hydrogens is 309 g/mol. The second-order valence-corrected chi connectivity index (χ2v) is 3.18. The summed E-state index contributed by atoms with van der Waals surface area (Å²) in [7, 11) is 0. The molecule has 12 heteroatoms. The van der Waals surface area contributed by atoms with Crippen LogP contribution in [-0.2, 0) is 4.74 Å². The van der Waals surface area contributed by atoms with Crippen molar-refractivity contribution in [1.82, 2.24) is 0 Å². The van der Waals surface area contributed by atoms with Crippen molar-refractivity contribution in [2.24, 2.45) is 0 Å². The van der Waals surface area contributed by atoms with Crippen LogP contribution in [-0.4, -0.2) is 36.7 Å². The molecule has 0 aromatic rings. The minimum atomic E-state index is -7.45. The van der Waals surface area contributed by atoms with Gasteiger partial charge in [0.15, 0.2) is 0 Å². The van der Waals surface area contributed by atoms with E-state index in [-0.39, 0.29) is 0 Å². The zero-order valence-corrected chi connectivity index (χ0v) is 8.77. The Morgan fingerprint density at radius 3 is 1.21 bits per heavy atom. The standard InChI is InChI=1S/C7H5F11O/c1-2-19-7(17,18)4(9,10)3(8,5(11,12)13)6(14,15)16/h2H2,1H3. The van der Waals surface area contributed by atoms with Crippen molar-refractivity contribution >= 4 is 0 Å². The van der Waals surface area contributed by atoms with E-state index in [9.17, 15) is 48.3 Å². The van der Waals surface area contributed by atoms with E-state index in [1.54, 1.807) is 0 Å². The fourth-order valence-corrected chi connectivity index (χ4v) is 0.989. The molecule has 0 amide bonds. The lowest BCUT2D eigenvalue weighted by atomic mass is 9.95. The van der Waals surface area contributed by atoms with Gasteiger partial charge in [-0.05, 0) is 6.92 Å². The minimum Gasteiger partial charge on any atom is -0.316 e. The smallest absolute Gasteiger partial charge is 0.316 e. The molecule has 0 aliphatic carbocycles. The number of hydrogen-bond acceptors (Lipinski definition) is 1. The first-order valence-electron chi connectivity index (χ1n) is 4.28. The molecule has 0 saturated carbocycles. The fraction of sp³-hybridized carbons (Fsp3) is 1.00. The molecule has 0 aliphatic rings. The minimum absolute atomic E-state index is 0.588. The van der Waals surface area contributed by atoms with E-state index < -0.39 is 36.7 Å². The van der Waals surface area contributed by atoms with Crippen LogP contribution < -0.4 is 0 Å². The summed E-state index contributed by atoms with van der Waals surface area (Å²) in [4.78, 5) is 0. The first kappa shape index (κ1) is 18.2. The monoisotopic (exact) mass is 314 g/mol. The number of ether oxygens (including phenoxy) is 1. The van der Waals surface area contributed by atoms with Gasteiger partial charge in [-0.3, -0.25) is 0 Å². The first-order chi connectivity index (χ1) is 8.06. The molecule has 0 aromatic heterocycles. The Labute approximate surface area is 97.9 Å². The van der Waals surface area contributed by atoms with Crippen molar-refractivity contribution in [3.8, 4) is 0 Å². The molecule has 0 rings (SSSR count). The van der Waals surface area contributed by atoms with E-state index in [1.165, 1.54) is 0 Å². The van der Waals surface area contributed by atoms with Gasteiger partial charge in [0.25, 0.3) is 0 Å². The van der Waals surface area contributed by atoms with Crippen LogP contribution >= 0.6 is 0 Å². The molecule has 0 saturated heterocycles. The second-order valence-electron chi connectivity index (χ2n) is 3.18. The molecule has 0 radical (unpaired) electrons. The van der Waals surface area contributed by atoms with Crippen LogP contribution in [0.25, 0.3) is 0 Å². The van der Waals surface area contributed by atoms with E-state index >= 15 is 0 Å². The molecule has 19 heavy (non-hydrogen) atoms. The molecule has 116 valence electrons. The molecule has 0 fully saturated rings. The van der Waals surface area contributed by atoms with Gasteiger partial charge >= 0.3 is 30.1 Å². The summed E-state index contributed by atoms with van der Waals surface area (Å²) >= 11 is 0. The highest BCUT2D eigenvalue weighted by Crippen LogP contribution is 2.59. The summed E-state index contributed by atoms with van der Waals surface area (Å²) in [5.41, 5.74) is -7.45. The van der Waals surface area contributed by atoms with Crippen molar-refractivity contribution in [1.29, 1.82) is 0 Å². The third-order valence-corrected chi connectivity index (χ3v) is 1.91. The van der Waals surface area contributed by atoms with Crippen LogP contribution in [0.4, 0.5) is 48.3 Å². The van der Waals surface area contributed by atoms with Gasteiger partial charge in [0.2, 0.25) is 0 Å². The van der Waals surface area contributed by atoms with Crippen LogP contribution in [0.1, 0.15) is 6.92 Å². The molecule has 1 nitrogen and oxygen atoms in total. The van der Waals surface area contributed by atoms with Gasteiger partial charge in [-0.15, -0.1) is 0 Å². The maximum Gasteiger partial charge on any atom is 0.438 e. The van der Waals surface area contributed by atoms with Crippen LogP contribution in [0, 0.1) is 0 Å². The summed E-state index contributed by atoms with van der Waals surface area (Å²) in [6, 6.07) is 0. The van der Waals surface area contributed by atoms with Crippen LogP contribution in [0.2, 0.25) is 0 Å². The third kappa shape index (κ3) is 2.58. The Balaban J connectivity index is 6.05. The normalized spacial score (nSPS) is 15.8. The lowest BCUT2D eigenvalue weighted by Gasteiger charge is -2.38. The molecule has 0 unspecified atom stereocenters. The van der Waals surface area contributed by atoms with Gasteiger partial charge in [-0.1, -0.05) is 0 Å². The summed E-state index contributed by atoms with van der Waals surface area (Å²) in [5.74, 6) is -7.20. The van der Waals surface area contributed by atoms with Crippen LogP contribution in [0.3, 0.4) is 0 Å². The van der Waals surface area contributed by atoms with Gasteiger partial charge in [0, 0.05) is 0 Å². The van der Waals surface area contributed by atoms with E-state index in [0.29, 0.717) is 6.92 Å². The number of alkyl halides is 11. The Bertz CT molecular complexity index is 300. The van der Waals surface area contributed by atoms with Gasteiger partial charge < -0.3 is 4.74 Å². The molecule has 0 atom stereocenters. The highest BCUT2D eigenvalue weighted by molar-refractivity contribution is 5.08. The summed E-state index contributed by atoms with van der Waals surface area (Å²) < 4.78 is 138. The largest absolute Gasteiger partial charge is 0.438 e. The molecule has 0 spiro atoms. The maximum absolute atomic E-state index is 12.8. The average molecular weight is 314 g/mol. The second kappa shape index (κ2) is 4.63. The zero-order valence-electron chi connectivity index (χ0n) is 8.77. The average Bonchev–Trinajstić information content (AvgIpc) is 2.12. The van der Waals surface area contributed by atoms with Gasteiger partial charge in [0.1, 0.15) is 0 Å². The highest BCUT2D eigenvalue weighted by atomic mass is 19.4. The molecular formula is C7H5F11O. The molecule has 0 aromatic carbocycles. The molecule has 0 heterocycles. The highest BCUT2D eigenvalue weighted by Gasteiger charge is 2.90. The van der Waals surface area contributed by atoms with Crippen molar-refractivity contribution in [2.45, 2.75) is 37.0 Å². The Morgan fingerprint density at radius 2 is 1.00 bits per heavy atom. The third-order valence-electron chi connectivity index (χ3n) is 1.91. The van der Waals surface area contributed by atoms with E-state index in [0.717, 1.165) is 0 Å². The topological polar surface area (TPSA) is 9.23 Å². The van der Waals surface area contributed by atoms with E-state index in [2.05, 4.69) is 4.74 Å². The van der Waals surface area contributed by atoms with Crippen molar-refractivity contribution in [3.63, 3.8) is 0 Å². The SMILES string of the molecule is CCOC(F)(F)C(F)(F)C(F)(C(F)(F)F)C(F)(F)F. The molecule has 0 aliphatic heterocycles. The van der Waals surface area contributed by atoms with Crippen molar-refractivity contribution < 1.29 is 53.0 Å². The van der Waals surface area contributed by atoms with Crippen molar-refractivity contribution in [3.05, 3.63) is 0 Å². The van der Waals surface area contributed by atoms with Crippen LogP contribution in [0.5, 0.6) is 0 Å². The zero-order chi connectivity index (χ0) is 15.9. The summed E-state index contributed by atoms with van der Waals surface area (Å²) in [6.07, 6.45) is -21.0. The predicted octanol–water partition coefficient (Wildman–Crippen LogP) is 4.08. The van der Waals surface area contributed by atoms with Crippen LogP contribution in [0.15, 0.2) is 0 Å². The van der Waals surface area contributed by atoms with E-state index in [4.69, 9.17) is 0 Å². The van der Waals surface area contributed by atoms with Gasteiger partial charge in [0.05, 0.1) is 6.61 Å². The fourth-order valence-electron chi connectivity index (χ4n) is 0.989. The predicted molar refractivity (Wildman–Crippen MR) is 37.5 cm³/mol. The lowest BCUT2D eigenvalue weighted by Crippen LogP contribution is -2.70. The number of rotatable bonds is 4. The number of halogens is 11. The molecule has 0 N–H and O–H groups in total. The Kier molecular flexibility index (Phi) is 4.43. The lowest BCUT2D eigenvalue weighted by molar-refractivity contribution is -0.461. The van der Waals surface area contributed by atoms with Gasteiger partial charge in [-0.2, -0.15) is 43.9 Å². The van der Waals surface area contributed by atoms with E-state index in [1.807, 2.05) is 0 Å². The summed E-state index contributed by atoms with van der Waals surface area (Å²) in [5, 5.41) is 0. The van der Waals surface area contributed by atoms with Gasteiger partial charge in [-0.25, -0.2) is 4.39 Å². The number of hydrogen-bond donors (Lipinski definition) is 0. The first-order valence-corrected chi connectivity index (χ1v) is 4.28. The quantitative estimate of drug-likeness (QED) is 0.710. The Hall–Kier alpha value is -0.810. The summed E-state index contributed by atoms with van der Waals surface area (Å²) in [6.45, 7) is -0.778. The van der Waals surface area contributed by atoms with Crippen molar-refractivity contribution in [2.75, 3.05) is 6.61 Å². The maximum atomic E-state index is 12.8.